The third-order valence-electron chi connectivity index (χ3n) is 13.4. The number of carbonyl (C=O) groups excluding carboxylic acids is 2. The molecule has 0 aromatic heterocycles. The monoisotopic (exact) mass is 858 g/mol. The molecule has 316 valence electrons. The van der Waals surface area contributed by atoms with Crippen molar-refractivity contribution in [3.8, 4) is 22.3 Å². The molecule has 0 fully saturated rings. The van der Waals surface area contributed by atoms with E-state index in [4.69, 9.17) is 0 Å². The van der Waals surface area contributed by atoms with Crippen molar-refractivity contribution >= 4 is 45.7 Å². The van der Waals surface area contributed by atoms with Crippen molar-refractivity contribution in [2.75, 3.05) is 9.80 Å². The zero-order chi connectivity index (χ0) is 44.9. The molecule has 12 rings (SSSR count). The van der Waals surface area contributed by atoms with Gasteiger partial charge in [0.1, 0.15) is 0 Å². The van der Waals surface area contributed by atoms with Gasteiger partial charge < -0.3 is 9.80 Å². The van der Waals surface area contributed by atoms with E-state index in [0.29, 0.717) is 22.3 Å². The number of hydrogen-bond donors (Lipinski definition) is 0. The maximum absolute atomic E-state index is 14.6. The van der Waals surface area contributed by atoms with Crippen LogP contribution in [0.25, 0.3) is 22.3 Å². The summed E-state index contributed by atoms with van der Waals surface area (Å²) in [7, 11) is 0. The van der Waals surface area contributed by atoms with Gasteiger partial charge in [-0.15, -0.1) is 0 Å². The summed E-state index contributed by atoms with van der Waals surface area (Å²) in [5.74, 6) is -0.0943. The highest BCUT2D eigenvalue weighted by Gasteiger charge is 2.53. The van der Waals surface area contributed by atoms with Crippen LogP contribution in [-0.4, -0.2) is 11.6 Å². The van der Waals surface area contributed by atoms with Gasteiger partial charge in [-0.1, -0.05) is 170 Å². The van der Waals surface area contributed by atoms with Gasteiger partial charge in [0.05, 0.1) is 5.41 Å². The molecule has 0 bridgehead atoms. The van der Waals surface area contributed by atoms with Crippen molar-refractivity contribution in [1.82, 2.24) is 0 Å². The third kappa shape index (κ3) is 6.53. The Kier molecular flexibility index (Phi) is 9.66. The molecule has 0 atom stereocenters. The number of benzene rings is 10. The fourth-order valence-electron chi connectivity index (χ4n) is 10.5. The minimum absolute atomic E-state index is 0.0472. The van der Waals surface area contributed by atoms with Crippen LogP contribution in [0.5, 0.6) is 0 Å². The molecule has 10 aromatic rings. The van der Waals surface area contributed by atoms with Crippen LogP contribution in [0.3, 0.4) is 0 Å². The molecule has 2 aliphatic rings. The quantitative estimate of drug-likeness (QED) is 0.128. The zero-order valence-electron chi connectivity index (χ0n) is 36.5. The van der Waals surface area contributed by atoms with Gasteiger partial charge in [0, 0.05) is 56.4 Å². The summed E-state index contributed by atoms with van der Waals surface area (Å²) in [5, 5.41) is 0. The van der Waals surface area contributed by atoms with Crippen LogP contribution in [-0.2, 0) is 5.41 Å². The molecule has 1 spiro atoms. The largest absolute Gasteiger partial charge is 0.310 e. The molecule has 4 heteroatoms. The number of para-hydroxylation sites is 4. The molecule has 0 saturated heterocycles. The summed E-state index contributed by atoms with van der Waals surface area (Å²) in [6.07, 6.45) is 0. The van der Waals surface area contributed by atoms with Crippen LogP contribution in [0.2, 0.25) is 0 Å². The van der Waals surface area contributed by atoms with Gasteiger partial charge in [0.25, 0.3) is 0 Å². The molecule has 0 aliphatic heterocycles. The second-order valence-electron chi connectivity index (χ2n) is 17.1. The van der Waals surface area contributed by atoms with Crippen molar-refractivity contribution in [1.29, 1.82) is 0 Å². The van der Waals surface area contributed by atoms with Crippen molar-refractivity contribution in [2.45, 2.75) is 5.41 Å². The fraction of sp³-hybridized carbons (Fsp3) is 0.0159. The van der Waals surface area contributed by atoms with E-state index >= 15 is 0 Å². The average molecular weight is 859 g/mol. The molecule has 4 nitrogen and oxygen atoms in total. The van der Waals surface area contributed by atoms with E-state index in [1.54, 1.807) is 0 Å². The Balaban J connectivity index is 1.18. The number of fused-ring (bicyclic) bond motifs is 10. The van der Waals surface area contributed by atoms with Crippen LogP contribution in [0.15, 0.2) is 255 Å². The summed E-state index contributed by atoms with van der Waals surface area (Å²) in [6.45, 7) is 0. The molecule has 67 heavy (non-hydrogen) atoms. The summed E-state index contributed by atoms with van der Waals surface area (Å²) in [6, 6.07) is 87.0. The van der Waals surface area contributed by atoms with Gasteiger partial charge in [-0.2, -0.15) is 0 Å². The summed E-state index contributed by atoms with van der Waals surface area (Å²) < 4.78 is 0. The molecule has 0 unspecified atom stereocenters. The lowest BCUT2D eigenvalue weighted by Gasteiger charge is -2.33. The lowest BCUT2D eigenvalue weighted by Crippen LogP contribution is -2.27. The highest BCUT2D eigenvalue weighted by molar-refractivity contribution is 6.11. The lowest BCUT2D eigenvalue weighted by atomic mass is 9.69. The van der Waals surface area contributed by atoms with Gasteiger partial charge in [-0.3, -0.25) is 9.59 Å². The van der Waals surface area contributed by atoms with Crippen LogP contribution in [0.4, 0.5) is 34.1 Å². The first-order valence-corrected chi connectivity index (χ1v) is 22.7. The van der Waals surface area contributed by atoms with Gasteiger partial charge in [-0.05, 0) is 129 Å². The Morgan fingerprint density at radius 2 is 0.522 bits per heavy atom. The second kappa shape index (κ2) is 16.3. The van der Waals surface area contributed by atoms with E-state index < -0.39 is 5.41 Å². The first-order valence-electron chi connectivity index (χ1n) is 22.7. The minimum Gasteiger partial charge on any atom is -0.310 e. The standard InChI is InChI=1S/C63H42N2O2/c66-61(43-19-7-1-8-20-43)45-31-35-53-55-37-33-51(64(47-23-11-3-12-24-47)48-25-13-4-14-26-48)41-59(55)63(57(53)39-45)58-40-46(62(67)44-21-9-2-10-22-44)32-36-54(58)56-38-34-52(42-60(56)63)65(49-27-15-5-16-28-49)50-29-17-6-18-30-50/h1-42H. The Labute approximate surface area is 390 Å². The average Bonchev–Trinajstić information content (AvgIpc) is 3.86. The summed E-state index contributed by atoms with van der Waals surface area (Å²) in [5.41, 5.74) is 16.0. The first-order chi connectivity index (χ1) is 33.1. The Hall–Kier alpha value is -8.86. The molecule has 0 N–H and O–H groups in total. The van der Waals surface area contributed by atoms with Gasteiger partial charge in [0.2, 0.25) is 0 Å². The number of ketones is 2. The summed E-state index contributed by atoms with van der Waals surface area (Å²) >= 11 is 0. The molecular formula is C63H42N2O2. The fourth-order valence-corrected chi connectivity index (χ4v) is 10.5. The van der Waals surface area contributed by atoms with Crippen LogP contribution < -0.4 is 9.80 Å². The van der Waals surface area contributed by atoms with Gasteiger partial charge in [-0.25, -0.2) is 0 Å². The van der Waals surface area contributed by atoms with Crippen LogP contribution in [0, 0.1) is 0 Å². The van der Waals surface area contributed by atoms with E-state index in [2.05, 4.69) is 168 Å². The molecule has 10 aromatic carbocycles. The van der Waals surface area contributed by atoms with Gasteiger partial charge in [0.15, 0.2) is 11.6 Å². The molecule has 2 aliphatic carbocycles. The zero-order valence-corrected chi connectivity index (χ0v) is 36.5. The Morgan fingerprint density at radius 1 is 0.254 bits per heavy atom. The smallest absolute Gasteiger partial charge is 0.193 e. The van der Waals surface area contributed by atoms with E-state index in [9.17, 15) is 9.59 Å². The molecule has 0 saturated carbocycles. The highest BCUT2D eigenvalue weighted by atomic mass is 16.1. The number of rotatable bonds is 10. The van der Waals surface area contributed by atoms with E-state index in [1.165, 1.54) is 0 Å². The molecular weight excluding hydrogens is 817 g/mol. The van der Waals surface area contributed by atoms with Crippen LogP contribution in [0.1, 0.15) is 54.1 Å². The number of nitrogens with zero attached hydrogens (tertiary/aromatic N) is 2. The number of carbonyl (C=O) groups is 2. The van der Waals surface area contributed by atoms with Crippen molar-refractivity contribution in [3.05, 3.63) is 299 Å². The Morgan fingerprint density at radius 3 is 0.836 bits per heavy atom. The number of hydrogen-bond acceptors (Lipinski definition) is 4. The molecule has 0 radical (unpaired) electrons. The maximum atomic E-state index is 14.6. The predicted molar refractivity (Wildman–Crippen MR) is 272 cm³/mol. The maximum Gasteiger partial charge on any atom is 0.193 e. The van der Waals surface area contributed by atoms with E-state index in [1.807, 2.05) is 97.1 Å². The molecule has 0 amide bonds. The normalized spacial score (nSPS) is 12.4. The Bertz CT molecular complexity index is 3170. The van der Waals surface area contributed by atoms with Crippen LogP contribution >= 0.6 is 0 Å². The van der Waals surface area contributed by atoms with E-state index in [0.717, 1.165) is 78.6 Å². The van der Waals surface area contributed by atoms with E-state index in [-0.39, 0.29) is 11.6 Å². The minimum atomic E-state index is -0.959. The first kappa shape index (κ1) is 39.7. The van der Waals surface area contributed by atoms with Crippen molar-refractivity contribution in [3.63, 3.8) is 0 Å². The van der Waals surface area contributed by atoms with Gasteiger partial charge >= 0.3 is 0 Å². The topological polar surface area (TPSA) is 40.6 Å². The third-order valence-corrected chi connectivity index (χ3v) is 13.4. The second-order valence-corrected chi connectivity index (χ2v) is 17.1. The summed E-state index contributed by atoms with van der Waals surface area (Å²) in [4.78, 5) is 33.7. The number of anilines is 6. The lowest BCUT2D eigenvalue weighted by molar-refractivity contribution is 0.103. The predicted octanol–water partition coefficient (Wildman–Crippen LogP) is 15.4. The SMILES string of the molecule is O=C(c1ccccc1)c1ccc2c(c1)C1(c3cc(C(=O)c4ccccc4)ccc3-c3ccc(N(c4ccccc4)c4ccccc4)cc31)c1cc(N(c3ccccc3)c3ccccc3)ccc1-2. The van der Waals surface area contributed by atoms with Crippen molar-refractivity contribution in [2.24, 2.45) is 0 Å². The van der Waals surface area contributed by atoms with Crippen molar-refractivity contribution < 1.29 is 9.59 Å². The highest BCUT2D eigenvalue weighted by Crippen LogP contribution is 2.64. The molecule has 0 heterocycles.